The summed E-state index contributed by atoms with van der Waals surface area (Å²) in [5, 5.41) is 0. The minimum Gasteiger partial charge on any atom is -0.368 e. The number of hydrogen-bond donors (Lipinski definition) is 1. The van der Waals surface area contributed by atoms with Gasteiger partial charge in [0.05, 0.1) is 0 Å². The van der Waals surface area contributed by atoms with Crippen molar-refractivity contribution in [2.45, 2.75) is 32.5 Å². The smallest absolute Gasteiger partial charge is 0.368 e. The van der Waals surface area contributed by atoms with Crippen LogP contribution in [0.1, 0.15) is 20.3 Å². The fourth-order valence-corrected chi connectivity index (χ4v) is 0.801. The van der Waals surface area contributed by atoms with E-state index < -0.39 is 12.3 Å². The number of rotatable bonds is 5. The fraction of sp³-hybridized carbons (Fsp3) is 1.00. The van der Waals surface area contributed by atoms with E-state index in [-0.39, 0.29) is 25.5 Å². The Morgan fingerprint density at radius 1 is 1.31 bits per heavy atom. The highest BCUT2D eigenvalue weighted by atomic mass is 19.4. The molecule has 0 aromatic carbocycles. The van der Waals surface area contributed by atoms with Crippen LogP contribution in [0.15, 0.2) is 0 Å². The summed E-state index contributed by atoms with van der Waals surface area (Å²) in [6.45, 7) is 3.71. The van der Waals surface area contributed by atoms with Crippen molar-refractivity contribution in [3.05, 3.63) is 0 Å². The third kappa shape index (κ3) is 5.87. The highest BCUT2D eigenvalue weighted by Gasteiger charge is 2.39. The zero-order valence-electron chi connectivity index (χ0n) is 7.90. The first-order valence-electron chi connectivity index (χ1n) is 4.26. The van der Waals surface area contributed by atoms with Crippen molar-refractivity contribution in [1.29, 1.82) is 0 Å². The highest BCUT2D eigenvalue weighted by molar-refractivity contribution is 4.68. The molecule has 0 aliphatic carbocycles. The summed E-state index contributed by atoms with van der Waals surface area (Å²) in [7, 11) is 0. The summed E-state index contributed by atoms with van der Waals surface area (Å²) in [6.07, 6.45) is -6.18. The number of ether oxygens (including phenoxy) is 1. The van der Waals surface area contributed by atoms with Crippen LogP contribution in [-0.2, 0) is 4.74 Å². The summed E-state index contributed by atoms with van der Waals surface area (Å²) in [5.74, 6) is 0.0997. The number of alkyl halides is 3. The van der Waals surface area contributed by atoms with Gasteiger partial charge < -0.3 is 10.5 Å². The number of halogens is 3. The summed E-state index contributed by atoms with van der Waals surface area (Å²) in [6, 6.07) is 0. The molecule has 0 amide bonds. The lowest BCUT2D eigenvalue weighted by Crippen LogP contribution is -2.34. The first-order chi connectivity index (χ1) is 5.88. The topological polar surface area (TPSA) is 35.2 Å². The molecule has 0 aliphatic rings. The fourth-order valence-electron chi connectivity index (χ4n) is 0.801. The van der Waals surface area contributed by atoms with Crippen molar-refractivity contribution >= 4 is 0 Å². The van der Waals surface area contributed by atoms with E-state index in [2.05, 4.69) is 0 Å². The van der Waals surface area contributed by atoms with Crippen molar-refractivity contribution in [2.75, 3.05) is 13.2 Å². The van der Waals surface area contributed by atoms with Crippen LogP contribution >= 0.6 is 0 Å². The number of nitrogens with two attached hydrogens (primary N) is 1. The molecule has 0 aliphatic heterocycles. The first-order valence-corrected chi connectivity index (χ1v) is 4.26. The summed E-state index contributed by atoms with van der Waals surface area (Å²) < 4.78 is 41.2. The molecule has 0 saturated carbocycles. The van der Waals surface area contributed by atoms with E-state index in [0.29, 0.717) is 0 Å². The largest absolute Gasteiger partial charge is 0.414 e. The normalized spacial score (nSPS) is 15.0. The monoisotopic (exact) mass is 199 g/mol. The Kier molecular flexibility index (Phi) is 5.32. The Morgan fingerprint density at radius 2 is 1.85 bits per heavy atom. The van der Waals surface area contributed by atoms with E-state index >= 15 is 0 Å². The van der Waals surface area contributed by atoms with E-state index in [1.54, 1.807) is 13.8 Å². The Morgan fingerprint density at radius 3 is 2.15 bits per heavy atom. The molecule has 0 aromatic rings. The van der Waals surface area contributed by atoms with Crippen LogP contribution in [-0.4, -0.2) is 25.4 Å². The van der Waals surface area contributed by atoms with Crippen LogP contribution in [0.2, 0.25) is 0 Å². The summed E-state index contributed by atoms with van der Waals surface area (Å²) >= 11 is 0. The van der Waals surface area contributed by atoms with Gasteiger partial charge in [-0.1, -0.05) is 13.8 Å². The zero-order valence-corrected chi connectivity index (χ0v) is 7.90. The van der Waals surface area contributed by atoms with Crippen LogP contribution < -0.4 is 5.73 Å². The van der Waals surface area contributed by atoms with Gasteiger partial charge in [0, 0.05) is 6.61 Å². The maximum Gasteiger partial charge on any atom is 0.414 e. The molecule has 1 unspecified atom stereocenters. The maximum absolute atomic E-state index is 12.2. The second kappa shape index (κ2) is 5.44. The molecule has 0 fully saturated rings. The minimum atomic E-state index is -4.30. The van der Waals surface area contributed by atoms with Gasteiger partial charge in [-0.2, -0.15) is 13.2 Å². The average molecular weight is 199 g/mol. The Balaban J connectivity index is 3.95. The molecule has 2 nitrogen and oxygen atoms in total. The average Bonchev–Trinajstić information content (AvgIpc) is 1.95. The molecule has 80 valence electrons. The zero-order chi connectivity index (χ0) is 10.5. The predicted molar refractivity (Wildman–Crippen MR) is 44.3 cm³/mol. The van der Waals surface area contributed by atoms with E-state index in [1.165, 1.54) is 0 Å². The first kappa shape index (κ1) is 12.7. The van der Waals surface area contributed by atoms with Crippen LogP contribution in [0.4, 0.5) is 13.2 Å². The van der Waals surface area contributed by atoms with Crippen LogP contribution in [0.3, 0.4) is 0 Å². The standard InChI is InChI=1S/C8H16F3NO/c1-6(2)5-13-7(3-4-12)8(9,10)11/h6-7H,3-5,12H2,1-2H3. The molecular formula is C8H16F3NO. The van der Waals surface area contributed by atoms with Crippen molar-refractivity contribution in [1.82, 2.24) is 0 Å². The van der Waals surface area contributed by atoms with E-state index in [1.807, 2.05) is 0 Å². The molecule has 2 N–H and O–H groups in total. The van der Waals surface area contributed by atoms with Gasteiger partial charge in [-0.3, -0.25) is 0 Å². The summed E-state index contributed by atoms with van der Waals surface area (Å²) in [4.78, 5) is 0. The second-order valence-electron chi connectivity index (χ2n) is 3.33. The number of hydrogen-bond acceptors (Lipinski definition) is 2. The molecule has 0 aromatic heterocycles. The third-order valence-corrected chi connectivity index (χ3v) is 1.42. The van der Waals surface area contributed by atoms with Crippen molar-refractivity contribution < 1.29 is 17.9 Å². The molecule has 0 heterocycles. The lowest BCUT2D eigenvalue weighted by molar-refractivity contribution is -0.223. The van der Waals surface area contributed by atoms with Crippen molar-refractivity contribution in [3.8, 4) is 0 Å². The molecule has 13 heavy (non-hydrogen) atoms. The lowest BCUT2D eigenvalue weighted by atomic mass is 10.2. The molecule has 0 saturated heterocycles. The Labute approximate surface area is 76.2 Å². The molecule has 1 atom stereocenters. The summed E-state index contributed by atoms with van der Waals surface area (Å²) in [5.41, 5.74) is 5.05. The quantitative estimate of drug-likeness (QED) is 0.734. The molecule has 0 spiro atoms. The predicted octanol–water partition coefficient (Wildman–Crippen LogP) is 1.94. The van der Waals surface area contributed by atoms with Gasteiger partial charge in [0.25, 0.3) is 0 Å². The van der Waals surface area contributed by atoms with E-state index in [9.17, 15) is 13.2 Å². The third-order valence-electron chi connectivity index (χ3n) is 1.42. The van der Waals surface area contributed by atoms with Crippen molar-refractivity contribution in [3.63, 3.8) is 0 Å². The van der Waals surface area contributed by atoms with Gasteiger partial charge in [0.2, 0.25) is 0 Å². The minimum absolute atomic E-state index is 0.0116. The van der Waals surface area contributed by atoms with Gasteiger partial charge in [-0.05, 0) is 18.9 Å². The van der Waals surface area contributed by atoms with Gasteiger partial charge in [0.15, 0.2) is 6.10 Å². The molecule has 0 bridgehead atoms. The van der Waals surface area contributed by atoms with Gasteiger partial charge >= 0.3 is 6.18 Å². The maximum atomic E-state index is 12.2. The Bertz CT molecular complexity index is 136. The Hall–Kier alpha value is -0.290. The molecule has 0 radical (unpaired) electrons. The van der Waals surface area contributed by atoms with Crippen molar-refractivity contribution in [2.24, 2.45) is 11.7 Å². The highest BCUT2D eigenvalue weighted by Crippen LogP contribution is 2.25. The van der Waals surface area contributed by atoms with E-state index in [0.717, 1.165) is 0 Å². The molecule has 0 rings (SSSR count). The molecular weight excluding hydrogens is 183 g/mol. The van der Waals surface area contributed by atoms with Gasteiger partial charge in [-0.25, -0.2) is 0 Å². The van der Waals surface area contributed by atoms with Crippen LogP contribution in [0.5, 0.6) is 0 Å². The van der Waals surface area contributed by atoms with Crippen LogP contribution in [0, 0.1) is 5.92 Å². The molecule has 5 heteroatoms. The lowest BCUT2D eigenvalue weighted by Gasteiger charge is -2.21. The second-order valence-corrected chi connectivity index (χ2v) is 3.33. The van der Waals surface area contributed by atoms with Crippen LogP contribution in [0.25, 0.3) is 0 Å². The van der Waals surface area contributed by atoms with E-state index in [4.69, 9.17) is 10.5 Å². The van der Waals surface area contributed by atoms with Gasteiger partial charge in [0.1, 0.15) is 0 Å². The van der Waals surface area contributed by atoms with Gasteiger partial charge in [-0.15, -0.1) is 0 Å². The SMILES string of the molecule is CC(C)COC(CCN)C(F)(F)F.